The van der Waals surface area contributed by atoms with E-state index in [-0.39, 0.29) is 39.5 Å². The van der Waals surface area contributed by atoms with Crippen molar-refractivity contribution in [1.82, 2.24) is 10.6 Å². The van der Waals surface area contributed by atoms with E-state index in [9.17, 15) is 19.2 Å². The summed E-state index contributed by atoms with van der Waals surface area (Å²) in [7, 11) is 2.54. The summed E-state index contributed by atoms with van der Waals surface area (Å²) in [5.41, 5.74) is 1.68. The van der Waals surface area contributed by atoms with Crippen LogP contribution in [0, 0.1) is 0 Å². The van der Waals surface area contributed by atoms with Crippen LogP contribution < -0.4 is 10.6 Å². The molecule has 2 amide bonds. The van der Waals surface area contributed by atoms with Gasteiger partial charge in [0, 0.05) is 0 Å². The summed E-state index contributed by atoms with van der Waals surface area (Å²) < 4.78 is 20.0. The molecule has 206 valence electrons. The third-order valence-corrected chi connectivity index (χ3v) is 12.5. The summed E-state index contributed by atoms with van der Waals surface area (Å²) in [5.74, 6) is -1.07. The molecule has 2 N–H and O–H groups in total. The topological polar surface area (TPSA) is 129 Å². The molecule has 0 saturated heterocycles. The number of carbonyl (C=O) groups excluding carboxylic acids is 4. The second kappa shape index (κ2) is 18.3. The zero-order valence-corrected chi connectivity index (χ0v) is 24.7. The third-order valence-electron chi connectivity index (χ3n) is 5.04. The molecular weight excluding hydrogens is 626 g/mol. The maximum atomic E-state index is 12.1. The average Bonchev–Trinajstić information content (AvgIpc) is 2.95. The average molecular weight is 658 g/mol. The van der Waals surface area contributed by atoms with Gasteiger partial charge in [0.1, 0.15) is 0 Å². The Labute approximate surface area is 233 Å². The van der Waals surface area contributed by atoms with Gasteiger partial charge in [-0.05, 0) is 0 Å². The van der Waals surface area contributed by atoms with E-state index >= 15 is 0 Å². The molecule has 2 aromatic carbocycles. The van der Waals surface area contributed by atoms with Gasteiger partial charge in [-0.2, -0.15) is 0 Å². The molecule has 10 nitrogen and oxygen atoms in total. The van der Waals surface area contributed by atoms with Crippen molar-refractivity contribution in [1.29, 1.82) is 0 Å². The van der Waals surface area contributed by atoms with Crippen LogP contribution in [0.15, 0.2) is 60.7 Å². The molecule has 0 aliphatic carbocycles. The van der Waals surface area contributed by atoms with Crippen molar-refractivity contribution in [3.05, 3.63) is 71.8 Å². The standard InChI is InChI=1S/C26H32N2O8Se2/c1-33-23(29)21(27-25(31)35-17-19-9-5-3-6-10-19)13-15-37-38-16-14-22(24(30)34-2)28-26(32)36-18-20-11-7-4-8-12-20/h3-12,21-22H,13-18H2,1-2H3,(H,27,31)(H,28,32)/t21-,22-/m0/s1. The van der Waals surface area contributed by atoms with Crippen LogP contribution in [0.1, 0.15) is 24.0 Å². The molecule has 38 heavy (non-hydrogen) atoms. The molecule has 0 aliphatic heterocycles. The van der Waals surface area contributed by atoms with Gasteiger partial charge in [-0.1, -0.05) is 0 Å². The van der Waals surface area contributed by atoms with Crippen LogP contribution >= 0.6 is 0 Å². The van der Waals surface area contributed by atoms with E-state index in [1.165, 1.54) is 14.2 Å². The van der Waals surface area contributed by atoms with Crippen LogP contribution in [-0.2, 0) is 41.8 Å². The fourth-order valence-electron chi connectivity index (χ4n) is 3.05. The number of hydrogen-bond donors (Lipinski definition) is 2. The van der Waals surface area contributed by atoms with Gasteiger partial charge in [0.25, 0.3) is 0 Å². The normalized spacial score (nSPS) is 11.9. The van der Waals surface area contributed by atoms with E-state index in [4.69, 9.17) is 18.9 Å². The fourth-order valence-corrected chi connectivity index (χ4v) is 9.60. The first-order valence-electron chi connectivity index (χ1n) is 11.8. The Morgan fingerprint density at radius 3 is 1.37 bits per heavy atom. The molecule has 0 unspecified atom stereocenters. The van der Waals surface area contributed by atoms with Crippen LogP contribution in [0.5, 0.6) is 0 Å². The number of ether oxygens (including phenoxy) is 4. The number of nitrogens with one attached hydrogen (secondary N) is 2. The van der Waals surface area contributed by atoms with Gasteiger partial charge in [0.2, 0.25) is 0 Å². The number of hydrogen-bond acceptors (Lipinski definition) is 8. The number of amides is 2. The van der Waals surface area contributed by atoms with Crippen molar-refractivity contribution < 1.29 is 38.1 Å². The molecule has 0 aromatic heterocycles. The van der Waals surface area contributed by atoms with Gasteiger partial charge < -0.3 is 0 Å². The van der Waals surface area contributed by atoms with E-state index < -0.39 is 36.2 Å². The number of benzene rings is 2. The minimum atomic E-state index is -0.801. The molecule has 0 spiro atoms. The molecule has 0 aliphatic rings. The van der Waals surface area contributed by atoms with Gasteiger partial charge in [-0.15, -0.1) is 0 Å². The summed E-state index contributed by atoms with van der Waals surface area (Å²) in [4.78, 5) is 48.5. The van der Waals surface area contributed by atoms with Gasteiger partial charge in [-0.25, -0.2) is 0 Å². The first-order valence-corrected chi connectivity index (χ1v) is 18.5. The quantitative estimate of drug-likeness (QED) is 0.130. The molecule has 0 saturated carbocycles. The maximum absolute atomic E-state index is 12.1. The van der Waals surface area contributed by atoms with E-state index in [0.29, 0.717) is 12.8 Å². The Morgan fingerprint density at radius 2 is 1.03 bits per heavy atom. The second-order valence-electron chi connectivity index (χ2n) is 7.78. The summed E-state index contributed by atoms with van der Waals surface area (Å²) in [6.45, 7) is 0.200. The molecule has 0 fully saturated rings. The Bertz CT molecular complexity index is 929. The van der Waals surface area contributed by atoms with Crippen LogP contribution in [0.4, 0.5) is 9.59 Å². The van der Waals surface area contributed by atoms with Gasteiger partial charge >= 0.3 is 234 Å². The first kappa shape index (κ1) is 31.2. The first-order chi connectivity index (χ1) is 18.4. The molecule has 0 radical (unpaired) electrons. The Kier molecular flexibility index (Phi) is 15.0. The molecule has 2 atom stereocenters. The van der Waals surface area contributed by atoms with Gasteiger partial charge in [0.05, 0.1) is 0 Å². The van der Waals surface area contributed by atoms with E-state index in [0.717, 1.165) is 21.8 Å². The predicted octanol–water partition coefficient (Wildman–Crippen LogP) is 2.86. The number of carbonyl (C=O) groups is 4. The molecule has 0 heterocycles. The van der Waals surface area contributed by atoms with Gasteiger partial charge in [0.15, 0.2) is 0 Å². The van der Waals surface area contributed by atoms with Crippen molar-refractivity contribution >= 4 is 50.4 Å². The van der Waals surface area contributed by atoms with Crippen LogP contribution in [0.3, 0.4) is 0 Å². The van der Waals surface area contributed by atoms with Crippen molar-refractivity contribution in [3.63, 3.8) is 0 Å². The monoisotopic (exact) mass is 660 g/mol. The summed E-state index contributed by atoms with van der Waals surface area (Å²) in [6.07, 6.45) is -0.541. The number of methoxy groups -OCH3 is 2. The minimum absolute atomic E-state index is 0.100. The van der Waals surface area contributed by atoms with Crippen molar-refractivity contribution in [2.24, 2.45) is 0 Å². The van der Waals surface area contributed by atoms with Crippen LogP contribution in [-0.4, -0.2) is 76.7 Å². The Morgan fingerprint density at radius 1 is 0.658 bits per heavy atom. The number of alkyl carbamates (subject to hydrolysis) is 2. The van der Waals surface area contributed by atoms with Crippen molar-refractivity contribution in [2.75, 3.05) is 14.2 Å². The molecular formula is C26H32N2O8Se2. The third kappa shape index (κ3) is 12.5. The summed E-state index contributed by atoms with van der Waals surface area (Å²) in [5, 5.41) is 6.59. The molecule has 0 bridgehead atoms. The second-order valence-corrected chi connectivity index (χ2v) is 15.6. The number of rotatable bonds is 15. The van der Waals surface area contributed by atoms with Crippen molar-refractivity contribution in [2.45, 2.75) is 48.8 Å². The van der Waals surface area contributed by atoms with Crippen LogP contribution in [0.25, 0.3) is 0 Å². The molecule has 2 aromatic rings. The molecule has 12 heteroatoms. The van der Waals surface area contributed by atoms with E-state index in [1.54, 1.807) is 0 Å². The van der Waals surface area contributed by atoms with Crippen molar-refractivity contribution in [3.8, 4) is 0 Å². The zero-order valence-electron chi connectivity index (χ0n) is 21.3. The van der Waals surface area contributed by atoms with E-state index in [2.05, 4.69) is 10.6 Å². The summed E-state index contributed by atoms with van der Waals surface area (Å²) in [6, 6.07) is 16.9. The fraction of sp³-hybridized carbons (Fsp3) is 0.385. The van der Waals surface area contributed by atoms with E-state index in [1.807, 2.05) is 60.7 Å². The Balaban J connectivity index is 1.69. The SMILES string of the molecule is COC(=O)[C@H](CC[Se][Se]CC[C@H](NC(=O)OCc1ccccc1)C(=O)OC)NC(=O)OCc1ccccc1. The van der Waals surface area contributed by atoms with Gasteiger partial charge in [-0.3, -0.25) is 0 Å². The Hall–Kier alpha value is -3.04. The van der Waals surface area contributed by atoms with Crippen LogP contribution in [0.2, 0.25) is 10.6 Å². The molecule has 2 rings (SSSR count). The number of esters is 2. The zero-order chi connectivity index (χ0) is 27.6. The summed E-state index contributed by atoms with van der Waals surface area (Å²) >= 11 is 0.396. The predicted molar refractivity (Wildman–Crippen MR) is 141 cm³/mol.